The number of hydrogen-bond acceptors (Lipinski definition) is 2. The molecule has 0 spiro atoms. The fourth-order valence-corrected chi connectivity index (χ4v) is 3.00. The van der Waals surface area contributed by atoms with Gasteiger partial charge in [0.1, 0.15) is 0 Å². The van der Waals surface area contributed by atoms with Gasteiger partial charge in [0.15, 0.2) is 0 Å². The van der Waals surface area contributed by atoms with Crippen LogP contribution in [0.1, 0.15) is 60.3 Å². The van der Waals surface area contributed by atoms with Crippen molar-refractivity contribution in [1.29, 1.82) is 0 Å². The van der Waals surface area contributed by atoms with Gasteiger partial charge in [-0.25, -0.2) is 0 Å². The summed E-state index contributed by atoms with van der Waals surface area (Å²) in [5, 5.41) is 6.58. The Morgan fingerprint density at radius 2 is 2.05 bits per heavy atom. The maximum Gasteiger partial charge on any atom is 0.220 e. The van der Waals surface area contributed by atoms with Crippen LogP contribution in [-0.2, 0) is 4.79 Å². The van der Waals surface area contributed by atoms with E-state index >= 15 is 0 Å². The van der Waals surface area contributed by atoms with Crippen LogP contribution >= 0.6 is 0 Å². The van der Waals surface area contributed by atoms with Crippen molar-refractivity contribution in [3.63, 3.8) is 0 Å². The van der Waals surface area contributed by atoms with Crippen LogP contribution in [0.2, 0.25) is 0 Å². The molecule has 2 N–H and O–H groups in total. The molecule has 0 aromatic rings. The summed E-state index contributed by atoms with van der Waals surface area (Å²) in [7, 11) is 0. The number of carbonyl (C=O) groups excluding carboxylic acids is 1. The predicted octanol–water partition coefficient (Wildman–Crippen LogP) is 2.95. The molecule has 1 saturated heterocycles. The molecule has 1 amide bonds. The first-order valence-electron chi connectivity index (χ1n) is 7.76. The van der Waals surface area contributed by atoms with Crippen molar-refractivity contribution >= 4 is 5.91 Å². The number of nitrogens with one attached hydrogen (secondary N) is 2. The van der Waals surface area contributed by atoms with Crippen LogP contribution in [-0.4, -0.2) is 25.0 Å². The van der Waals surface area contributed by atoms with Gasteiger partial charge in [0.2, 0.25) is 5.91 Å². The molecule has 1 heterocycles. The van der Waals surface area contributed by atoms with Gasteiger partial charge in [0.05, 0.1) is 0 Å². The molecule has 19 heavy (non-hydrogen) atoms. The molecule has 1 rings (SSSR count). The standard InChI is InChI=1S/C16H32N2O/c1-12(9-16(3,4)5)8-15(19)18-11-14-7-6-13(2)17-10-14/h12-14,17H,6-11H2,1-5H3,(H,18,19). The van der Waals surface area contributed by atoms with E-state index in [-0.39, 0.29) is 5.91 Å². The average molecular weight is 268 g/mol. The van der Waals surface area contributed by atoms with Crippen LogP contribution < -0.4 is 10.6 Å². The van der Waals surface area contributed by atoms with Crippen LogP contribution in [0, 0.1) is 17.3 Å². The third-order valence-corrected chi connectivity index (χ3v) is 3.85. The molecule has 0 saturated carbocycles. The minimum absolute atomic E-state index is 0.218. The second-order valence-corrected chi connectivity index (χ2v) is 7.63. The zero-order valence-corrected chi connectivity index (χ0v) is 13.4. The first kappa shape index (κ1) is 16.5. The molecular weight excluding hydrogens is 236 g/mol. The van der Waals surface area contributed by atoms with Gasteiger partial charge in [-0.2, -0.15) is 0 Å². The van der Waals surface area contributed by atoms with Gasteiger partial charge >= 0.3 is 0 Å². The van der Waals surface area contributed by atoms with Crippen LogP contribution in [0.25, 0.3) is 0 Å². The Kier molecular flexibility index (Phi) is 6.31. The second kappa shape index (κ2) is 7.28. The topological polar surface area (TPSA) is 41.1 Å². The highest BCUT2D eigenvalue weighted by molar-refractivity contribution is 5.76. The molecular formula is C16H32N2O. The van der Waals surface area contributed by atoms with E-state index in [0.29, 0.717) is 29.7 Å². The van der Waals surface area contributed by atoms with Gasteiger partial charge in [-0.05, 0) is 50.0 Å². The highest BCUT2D eigenvalue weighted by atomic mass is 16.1. The van der Waals surface area contributed by atoms with Crippen LogP contribution in [0.4, 0.5) is 0 Å². The van der Waals surface area contributed by atoms with Crippen molar-refractivity contribution in [2.24, 2.45) is 17.3 Å². The Balaban J connectivity index is 2.17. The Morgan fingerprint density at radius 1 is 1.37 bits per heavy atom. The average Bonchev–Trinajstić information content (AvgIpc) is 2.25. The normalized spacial score (nSPS) is 25.9. The number of piperidine rings is 1. The lowest BCUT2D eigenvalue weighted by Gasteiger charge is -2.28. The fraction of sp³-hybridized carbons (Fsp3) is 0.938. The first-order valence-corrected chi connectivity index (χ1v) is 7.76. The Morgan fingerprint density at radius 3 is 2.58 bits per heavy atom. The third kappa shape index (κ3) is 7.56. The van der Waals surface area contributed by atoms with E-state index in [1.54, 1.807) is 0 Å². The van der Waals surface area contributed by atoms with E-state index in [4.69, 9.17) is 0 Å². The molecule has 0 aromatic heterocycles. The third-order valence-electron chi connectivity index (χ3n) is 3.85. The van der Waals surface area contributed by atoms with Crippen LogP contribution in [0.15, 0.2) is 0 Å². The summed E-state index contributed by atoms with van der Waals surface area (Å²) in [6.45, 7) is 13.0. The number of hydrogen-bond donors (Lipinski definition) is 2. The van der Waals surface area contributed by atoms with Crippen LogP contribution in [0.5, 0.6) is 0 Å². The largest absolute Gasteiger partial charge is 0.356 e. The lowest BCUT2D eigenvalue weighted by atomic mass is 9.84. The summed E-state index contributed by atoms with van der Waals surface area (Å²) >= 11 is 0. The Bertz CT molecular complexity index is 275. The highest BCUT2D eigenvalue weighted by Gasteiger charge is 2.20. The van der Waals surface area contributed by atoms with Gasteiger partial charge in [-0.15, -0.1) is 0 Å². The van der Waals surface area contributed by atoms with Crippen molar-refractivity contribution < 1.29 is 4.79 Å². The minimum atomic E-state index is 0.218. The molecule has 0 bridgehead atoms. The van der Waals surface area contributed by atoms with Gasteiger partial charge in [0.25, 0.3) is 0 Å². The Labute approximate surface area is 118 Å². The number of amides is 1. The fourth-order valence-electron chi connectivity index (χ4n) is 3.00. The SMILES string of the molecule is CC(CC(=O)NCC1CCC(C)NC1)CC(C)(C)C. The van der Waals surface area contributed by atoms with Gasteiger partial charge in [-0.1, -0.05) is 27.7 Å². The maximum atomic E-state index is 11.9. The maximum absolute atomic E-state index is 11.9. The lowest BCUT2D eigenvalue weighted by Crippen LogP contribution is -2.42. The summed E-state index contributed by atoms with van der Waals surface area (Å²) in [6.07, 6.45) is 4.21. The predicted molar refractivity (Wildman–Crippen MR) is 81.1 cm³/mol. The van der Waals surface area contributed by atoms with E-state index in [2.05, 4.69) is 45.3 Å². The van der Waals surface area contributed by atoms with Crippen molar-refractivity contribution in [2.45, 2.75) is 66.3 Å². The number of carbonyl (C=O) groups is 1. The van der Waals surface area contributed by atoms with E-state index in [1.165, 1.54) is 12.8 Å². The quantitative estimate of drug-likeness (QED) is 0.805. The molecule has 0 aliphatic carbocycles. The molecule has 1 aliphatic rings. The zero-order chi connectivity index (χ0) is 14.5. The summed E-state index contributed by atoms with van der Waals surface area (Å²) in [5.41, 5.74) is 0.309. The smallest absolute Gasteiger partial charge is 0.220 e. The molecule has 3 unspecified atom stereocenters. The summed E-state index contributed by atoms with van der Waals surface area (Å²) in [5.74, 6) is 1.29. The van der Waals surface area contributed by atoms with E-state index in [0.717, 1.165) is 19.5 Å². The molecule has 0 aromatic carbocycles. The summed E-state index contributed by atoms with van der Waals surface area (Å²) in [6, 6.07) is 0.638. The van der Waals surface area contributed by atoms with Crippen LogP contribution in [0.3, 0.4) is 0 Å². The molecule has 1 aliphatic heterocycles. The summed E-state index contributed by atoms with van der Waals surface area (Å²) in [4.78, 5) is 11.9. The van der Waals surface area contributed by atoms with E-state index < -0.39 is 0 Å². The zero-order valence-electron chi connectivity index (χ0n) is 13.4. The molecule has 3 atom stereocenters. The van der Waals surface area contributed by atoms with Gasteiger partial charge in [0, 0.05) is 19.0 Å². The van der Waals surface area contributed by atoms with Gasteiger partial charge < -0.3 is 10.6 Å². The highest BCUT2D eigenvalue weighted by Crippen LogP contribution is 2.25. The van der Waals surface area contributed by atoms with Crippen molar-refractivity contribution in [2.75, 3.05) is 13.1 Å². The Hall–Kier alpha value is -0.570. The first-order chi connectivity index (χ1) is 8.76. The molecule has 3 heteroatoms. The molecule has 3 nitrogen and oxygen atoms in total. The lowest BCUT2D eigenvalue weighted by molar-refractivity contribution is -0.122. The molecule has 0 radical (unpaired) electrons. The number of rotatable bonds is 5. The second-order valence-electron chi connectivity index (χ2n) is 7.63. The van der Waals surface area contributed by atoms with Gasteiger partial charge in [-0.3, -0.25) is 4.79 Å². The van der Waals surface area contributed by atoms with Crippen molar-refractivity contribution in [3.05, 3.63) is 0 Å². The minimum Gasteiger partial charge on any atom is -0.356 e. The molecule has 112 valence electrons. The van der Waals surface area contributed by atoms with E-state index in [9.17, 15) is 4.79 Å². The van der Waals surface area contributed by atoms with Crippen molar-refractivity contribution in [3.8, 4) is 0 Å². The van der Waals surface area contributed by atoms with Crippen molar-refractivity contribution in [1.82, 2.24) is 10.6 Å². The van der Waals surface area contributed by atoms with E-state index in [1.807, 2.05) is 0 Å². The summed E-state index contributed by atoms with van der Waals surface area (Å²) < 4.78 is 0. The molecule has 1 fully saturated rings. The monoisotopic (exact) mass is 268 g/mol.